The highest BCUT2D eigenvalue weighted by Crippen LogP contribution is 2.21. The SMILES string of the molecule is CCNC(=NCc1ccc(C(=O)OC)c(OC)c1)N1CCN(Cc2ccon2)CC1. The minimum atomic E-state index is -0.418. The van der Waals surface area contributed by atoms with Gasteiger partial charge in [-0.3, -0.25) is 4.90 Å². The summed E-state index contributed by atoms with van der Waals surface area (Å²) in [6.45, 7) is 7.76. The van der Waals surface area contributed by atoms with Gasteiger partial charge in [0, 0.05) is 45.3 Å². The van der Waals surface area contributed by atoms with Gasteiger partial charge in [-0.15, -0.1) is 0 Å². The van der Waals surface area contributed by atoms with E-state index in [1.54, 1.807) is 12.3 Å². The summed E-state index contributed by atoms with van der Waals surface area (Å²) in [6.07, 6.45) is 1.61. The van der Waals surface area contributed by atoms with E-state index in [9.17, 15) is 4.79 Å². The molecular weight excluding hydrogens is 386 g/mol. The number of aromatic nitrogens is 1. The molecule has 1 N–H and O–H groups in total. The van der Waals surface area contributed by atoms with Gasteiger partial charge in [-0.25, -0.2) is 9.79 Å². The van der Waals surface area contributed by atoms with Crippen molar-refractivity contribution in [2.75, 3.05) is 46.9 Å². The summed E-state index contributed by atoms with van der Waals surface area (Å²) < 4.78 is 15.0. The number of methoxy groups -OCH3 is 2. The van der Waals surface area contributed by atoms with Crippen LogP contribution in [0.25, 0.3) is 0 Å². The topological polar surface area (TPSA) is 92.4 Å². The molecule has 9 heteroatoms. The summed E-state index contributed by atoms with van der Waals surface area (Å²) >= 11 is 0. The van der Waals surface area contributed by atoms with E-state index < -0.39 is 5.97 Å². The van der Waals surface area contributed by atoms with Crippen molar-refractivity contribution in [1.29, 1.82) is 0 Å². The molecule has 3 rings (SSSR count). The van der Waals surface area contributed by atoms with Crippen LogP contribution in [0, 0.1) is 0 Å². The van der Waals surface area contributed by atoms with Crippen LogP contribution in [0.1, 0.15) is 28.5 Å². The molecule has 0 atom stereocenters. The molecule has 9 nitrogen and oxygen atoms in total. The van der Waals surface area contributed by atoms with Gasteiger partial charge in [-0.05, 0) is 24.6 Å². The highest BCUT2D eigenvalue weighted by molar-refractivity contribution is 5.92. The van der Waals surface area contributed by atoms with Gasteiger partial charge in [0.2, 0.25) is 0 Å². The number of hydrogen-bond acceptors (Lipinski definition) is 7. The van der Waals surface area contributed by atoms with Crippen LogP contribution < -0.4 is 10.1 Å². The van der Waals surface area contributed by atoms with Crippen molar-refractivity contribution in [1.82, 2.24) is 20.3 Å². The first-order valence-electron chi connectivity index (χ1n) is 10.0. The zero-order valence-electron chi connectivity index (χ0n) is 17.8. The molecule has 30 heavy (non-hydrogen) atoms. The van der Waals surface area contributed by atoms with E-state index >= 15 is 0 Å². The average molecular weight is 415 g/mol. The van der Waals surface area contributed by atoms with E-state index in [1.807, 2.05) is 18.2 Å². The zero-order chi connectivity index (χ0) is 21.3. The number of rotatable bonds is 7. The van der Waals surface area contributed by atoms with Crippen molar-refractivity contribution >= 4 is 11.9 Å². The normalized spacial score (nSPS) is 15.2. The van der Waals surface area contributed by atoms with Crippen molar-refractivity contribution in [3.63, 3.8) is 0 Å². The fourth-order valence-corrected chi connectivity index (χ4v) is 3.37. The largest absolute Gasteiger partial charge is 0.496 e. The molecule has 0 aliphatic carbocycles. The molecule has 0 bridgehead atoms. The second-order valence-electron chi connectivity index (χ2n) is 6.95. The Labute approximate surface area is 176 Å². The van der Waals surface area contributed by atoms with E-state index in [2.05, 4.69) is 27.2 Å². The predicted molar refractivity (Wildman–Crippen MR) is 113 cm³/mol. The maximum Gasteiger partial charge on any atom is 0.341 e. The predicted octanol–water partition coefficient (Wildman–Crippen LogP) is 1.75. The Hall–Kier alpha value is -3.07. The molecule has 0 amide bonds. The second kappa shape index (κ2) is 10.6. The molecule has 1 fully saturated rings. The lowest BCUT2D eigenvalue weighted by Crippen LogP contribution is -2.52. The molecule has 162 valence electrons. The standard InChI is InChI=1S/C21H29N5O4/c1-4-22-21(26-10-8-25(9-11-26)15-17-7-12-30-24-17)23-14-16-5-6-18(20(27)29-3)19(13-16)28-2/h5-7,12-13H,4,8-11,14-15H2,1-3H3,(H,22,23). The van der Waals surface area contributed by atoms with Gasteiger partial charge < -0.3 is 24.2 Å². The van der Waals surface area contributed by atoms with Crippen LogP contribution in [-0.2, 0) is 17.8 Å². The Morgan fingerprint density at radius 3 is 2.67 bits per heavy atom. The van der Waals surface area contributed by atoms with Crippen molar-refractivity contribution in [2.24, 2.45) is 4.99 Å². The maximum atomic E-state index is 11.8. The van der Waals surface area contributed by atoms with E-state index in [0.29, 0.717) is 17.9 Å². The van der Waals surface area contributed by atoms with Gasteiger partial charge in [0.05, 0.1) is 26.5 Å². The number of benzene rings is 1. The molecule has 1 saturated heterocycles. The fraction of sp³-hybridized carbons (Fsp3) is 0.476. The molecule has 2 heterocycles. The number of guanidine groups is 1. The molecule has 2 aromatic rings. The second-order valence-corrected chi connectivity index (χ2v) is 6.95. The first kappa shape index (κ1) is 21.6. The number of nitrogens with one attached hydrogen (secondary N) is 1. The molecule has 1 aromatic carbocycles. The number of carbonyl (C=O) groups is 1. The number of ether oxygens (including phenoxy) is 2. The zero-order valence-corrected chi connectivity index (χ0v) is 17.8. The summed E-state index contributed by atoms with van der Waals surface area (Å²) in [7, 11) is 2.89. The first-order valence-corrected chi connectivity index (χ1v) is 10.0. The molecule has 0 radical (unpaired) electrons. The minimum Gasteiger partial charge on any atom is -0.496 e. The Bertz CT molecular complexity index is 845. The smallest absolute Gasteiger partial charge is 0.341 e. The van der Waals surface area contributed by atoms with E-state index in [-0.39, 0.29) is 0 Å². The van der Waals surface area contributed by atoms with Crippen LogP contribution in [0.15, 0.2) is 40.0 Å². The van der Waals surface area contributed by atoms with Crippen LogP contribution >= 0.6 is 0 Å². The molecule has 1 aromatic heterocycles. The van der Waals surface area contributed by atoms with Crippen molar-refractivity contribution in [2.45, 2.75) is 20.0 Å². The van der Waals surface area contributed by atoms with Crippen LogP contribution in [0.3, 0.4) is 0 Å². The third-order valence-corrected chi connectivity index (χ3v) is 4.97. The summed E-state index contributed by atoms with van der Waals surface area (Å²) in [5, 5.41) is 7.36. The number of piperazine rings is 1. The van der Waals surface area contributed by atoms with Crippen LogP contribution in [0.4, 0.5) is 0 Å². The first-order chi connectivity index (χ1) is 14.6. The average Bonchev–Trinajstić information content (AvgIpc) is 3.29. The number of aliphatic imine (C=N–C) groups is 1. The van der Waals surface area contributed by atoms with Gasteiger partial charge in [0.25, 0.3) is 0 Å². The van der Waals surface area contributed by atoms with Crippen LogP contribution in [-0.4, -0.2) is 73.8 Å². The highest BCUT2D eigenvalue weighted by Gasteiger charge is 2.20. The van der Waals surface area contributed by atoms with Gasteiger partial charge in [0.1, 0.15) is 17.6 Å². The molecule has 0 saturated carbocycles. The van der Waals surface area contributed by atoms with Gasteiger partial charge in [0.15, 0.2) is 5.96 Å². The van der Waals surface area contributed by atoms with E-state index in [1.165, 1.54) is 14.2 Å². The van der Waals surface area contributed by atoms with E-state index in [0.717, 1.165) is 56.5 Å². The minimum absolute atomic E-state index is 0.405. The Kier molecular flexibility index (Phi) is 7.67. The summed E-state index contributed by atoms with van der Waals surface area (Å²) in [6, 6.07) is 7.32. The Balaban J connectivity index is 1.63. The summed E-state index contributed by atoms with van der Waals surface area (Å²) in [5.74, 6) is 0.953. The summed E-state index contributed by atoms with van der Waals surface area (Å²) in [5.41, 5.74) is 2.32. The molecular formula is C21H29N5O4. The van der Waals surface area contributed by atoms with Crippen LogP contribution in [0.2, 0.25) is 0 Å². The number of esters is 1. The number of hydrogen-bond donors (Lipinski definition) is 1. The lowest BCUT2D eigenvalue weighted by Gasteiger charge is -2.36. The third kappa shape index (κ3) is 5.50. The highest BCUT2D eigenvalue weighted by atomic mass is 16.5. The molecule has 0 spiro atoms. The van der Waals surface area contributed by atoms with Crippen molar-refractivity contribution in [3.05, 3.63) is 47.3 Å². The third-order valence-electron chi connectivity index (χ3n) is 4.97. The van der Waals surface area contributed by atoms with E-state index in [4.69, 9.17) is 19.0 Å². The quantitative estimate of drug-likeness (QED) is 0.415. The van der Waals surface area contributed by atoms with Gasteiger partial charge in [-0.1, -0.05) is 11.2 Å². The fourth-order valence-electron chi connectivity index (χ4n) is 3.37. The molecule has 1 aliphatic heterocycles. The maximum absolute atomic E-state index is 11.8. The van der Waals surface area contributed by atoms with Gasteiger partial charge >= 0.3 is 5.97 Å². The monoisotopic (exact) mass is 415 g/mol. The number of carbonyl (C=O) groups excluding carboxylic acids is 1. The lowest BCUT2D eigenvalue weighted by atomic mass is 10.1. The lowest BCUT2D eigenvalue weighted by molar-refractivity contribution is 0.0597. The summed E-state index contributed by atoms with van der Waals surface area (Å²) in [4.78, 5) is 21.2. The Morgan fingerprint density at radius 1 is 1.23 bits per heavy atom. The van der Waals surface area contributed by atoms with Crippen molar-refractivity contribution in [3.8, 4) is 5.75 Å². The Morgan fingerprint density at radius 2 is 2.03 bits per heavy atom. The van der Waals surface area contributed by atoms with Crippen molar-refractivity contribution < 1.29 is 18.8 Å². The van der Waals surface area contributed by atoms with Crippen LogP contribution in [0.5, 0.6) is 5.75 Å². The van der Waals surface area contributed by atoms with Gasteiger partial charge in [-0.2, -0.15) is 0 Å². The molecule has 1 aliphatic rings. The molecule has 0 unspecified atom stereocenters. The number of nitrogens with zero attached hydrogens (tertiary/aromatic N) is 4.